The first-order chi connectivity index (χ1) is 15.4. The van der Waals surface area contributed by atoms with Crippen LogP contribution in [0.2, 0.25) is 0 Å². The molecule has 1 saturated heterocycles. The number of nitrogens with zero attached hydrogens (tertiary/aromatic N) is 1. The largest absolute Gasteiger partial charge is 0.445 e. The summed E-state index contributed by atoms with van der Waals surface area (Å²) in [4.78, 5) is 39.6. The third-order valence-corrected chi connectivity index (χ3v) is 6.52. The molecule has 1 aliphatic heterocycles. The Balaban J connectivity index is 1.55. The van der Waals surface area contributed by atoms with Crippen molar-refractivity contribution in [3.63, 3.8) is 0 Å². The molecule has 2 aromatic rings. The molecule has 0 aromatic heterocycles. The maximum atomic E-state index is 13.2. The molecule has 1 heterocycles. The fourth-order valence-electron chi connectivity index (χ4n) is 3.56. The Hall–Kier alpha value is -2.80. The van der Waals surface area contributed by atoms with Gasteiger partial charge in [0.05, 0.1) is 11.8 Å². The van der Waals surface area contributed by atoms with Gasteiger partial charge in [0.15, 0.2) is 5.78 Å². The van der Waals surface area contributed by atoms with Crippen molar-refractivity contribution in [3.8, 4) is 0 Å². The highest BCUT2D eigenvalue weighted by molar-refractivity contribution is 7.99. The van der Waals surface area contributed by atoms with Gasteiger partial charge in [-0.2, -0.15) is 0 Å². The topological polar surface area (TPSA) is 75.7 Å². The summed E-state index contributed by atoms with van der Waals surface area (Å²) in [5, 5.41) is 2.47. The number of Topliss-reactive ketones (excluding diaryl/α,β-unsaturated/α-hetero) is 1. The molecule has 0 saturated carbocycles. The lowest BCUT2D eigenvalue weighted by Gasteiger charge is -2.25. The van der Waals surface area contributed by atoms with E-state index >= 15 is 0 Å². The molecule has 6 nitrogen and oxygen atoms in total. The Labute approximate surface area is 193 Å². The van der Waals surface area contributed by atoms with E-state index in [0.29, 0.717) is 13.0 Å². The van der Waals surface area contributed by atoms with Crippen molar-refractivity contribution in [3.05, 3.63) is 71.8 Å². The molecule has 1 fully saturated rings. The van der Waals surface area contributed by atoms with Crippen molar-refractivity contribution in [2.24, 2.45) is 5.92 Å². The first-order valence-electron chi connectivity index (χ1n) is 10.9. The van der Waals surface area contributed by atoms with E-state index < -0.39 is 12.1 Å². The summed E-state index contributed by atoms with van der Waals surface area (Å²) in [6.07, 6.45) is -0.153. The smallest absolute Gasteiger partial charge is 0.408 e. The van der Waals surface area contributed by atoms with Crippen LogP contribution in [0.25, 0.3) is 0 Å². The Morgan fingerprint density at radius 1 is 1.06 bits per heavy atom. The van der Waals surface area contributed by atoms with Crippen molar-refractivity contribution >= 4 is 29.5 Å². The Morgan fingerprint density at radius 3 is 2.31 bits per heavy atom. The summed E-state index contributed by atoms with van der Waals surface area (Å²) >= 11 is 1.56. The van der Waals surface area contributed by atoms with Crippen molar-refractivity contribution in [1.29, 1.82) is 0 Å². The summed E-state index contributed by atoms with van der Waals surface area (Å²) < 4.78 is 5.29. The van der Waals surface area contributed by atoms with Gasteiger partial charge in [-0.15, -0.1) is 11.8 Å². The number of ether oxygens (including phenoxy) is 1. The maximum absolute atomic E-state index is 13.2. The molecule has 170 valence electrons. The number of ketones is 1. The average Bonchev–Trinajstić information content (AvgIpc) is 3.17. The molecule has 1 aliphatic rings. The van der Waals surface area contributed by atoms with E-state index in [1.54, 1.807) is 16.7 Å². The molecule has 2 unspecified atom stereocenters. The molecular weight excluding hydrogens is 424 g/mol. The van der Waals surface area contributed by atoms with Gasteiger partial charge in [0.25, 0.3) is 0 Å². The summed E-state index contributed by atoms with van der Waals surface area (Å²) in [5.41, 5.74) is 2.02. The van der Waals surface area contributed by atoms with Gasteiger partial charge in [-0.05, 0) is 23.5 Å². The van der Waals surface area contributed by atoms with E-state index in [1.165, 1.54) is 0 Å². The van der Waals surface area contributed by atoms with E-state index in [4.69, 9.17) is 4.74 Å². The number of rotatable bonds is 9. The minimum Gasteiger partial charge on any atom is -0.445 e. The number of thioether (sulfide) groups is 1. The van der Waals surface area contributed by atoms with E-state index in [0.717, 1.165) is 16.9 Å². The Bertz CT molecular complexity index is 905. The normalized spacial score (nSPS) is 16.8. The number of hydrogen-bond acceptors (Lipinski definition) is 5. The average molecular weight is 455 g/mol. The first-order valence-corrected chi connectivity index (χ1v) is 11.9. The van der Waals surface area contributed by atoms with Gasteiger partial charge in [-0.25, -0.2) is 4.79 Å². The van der Waals surface area contributed by atoms with Crippen LogP contribution in [-0.2, 0) is 26.7 Å². The van der Waals surface area contributed by atoms with E-state index in [1.807, 2.05) is 74.5 Å². The number of carbonyl (C=O) groups is 3. The van der Waals surface area contributed by atoms with Crippen LogP contribution in [0.4, 0.5) is 4.79 Å². The van der Waals surface area contributed by atoms with Crippen molar-refractivity contribution in [2.45, 2.75) is 43.9 Å². The highest BCUT2D eigenvalue weighted by Gasteiger charge is 2.37. The van der Waals surface area contributed by atoms with Gasteiger partial charge in [-0.3, -0.25) is 9.59 Å². The predicted molar refractivity (Wildman–Crippen MR) is 126 cm³/mol. The molecule has 2 aromatic carbocycles. The lowest BCUT2D eigenvalue weighted by molar-refractivity contribution is -0.134. The van der Waals surface area contributed by atoms with Gasteiger partial charge in [0.2, 0.25) is 5.91 Å². The summed E-state index contributed by atoms with van der Waals surface area (Å²) in [6.45, 7) is 4.57. The first kappa shape index (κ1) is 23.9. The number of likely N-dealkylation sites (tertiary alicyclic amines) is 1. The molecule has 7 heteroatoms. The summed E-state index contributed by atoms with van der Waals surface area (Å²) in [6, 6.07) is 18.6. The number of nitrogens with one attached hydrogen (secondary N) is 1. The quantitative estimate of drug-likeness (QED) is 0.619. The van der Waals surface area contributed by atoms with Gasteiger partial charge in [0.1, 0.15) is 12.6 Å². The Morgan fingerprint density at radius 2 is 1.69 bits per heavy atom. The van der Waals surface area contributed by atoms with Crippen molar-refractivity contribution in [1.82, 2.24) is 10.2 Å². The van der Waals surface area contributed by atoms with Crippen LogP contribution >= 0.6 is 11.8 Å². The molecule has 0 spiro atoms. The van der Waals surface area contributed by atoms with Crippen LogP contribution in [0.1, 0.15) is 31.4 Å². The third kappa shape index (κ3) is 7.12. The van der Waals surface area contributed by atoms with Gasteiger partial charge in [0, 0.05) is 12.3 Å². The molecule has 3 rings (SSSR count). The monoisotopic (exact) mass is 454 g/mol. The van der Waals surface area contributed by atoms with Crippen LogP contribution in [0.3, 0.4) is 0 Å². The van der Waals surface area contributed by atoms with Crippen LogP contribution in [0.5, 0.6) is 0 Å². The number of amides is 2. The van der Waals surface area contributed by atoms with Crippen molar-refractivity contribution in [2.75, 3.05) is 13.1 Å². The maximum Gasteiger partial charge on any atom is 0.408 e. The van der Waals surface area contributed by atoms with Crippen LogP contribution < -0.4 is 5.32 Å². The fourth-order valence-corrected chi connectivity index (χ4v) is 4.69. The zero-order valence-corrected chi connectivity index (χ0v) is 19.3. The SMILES string of the molecule is CC(C)CC(NC(=O)OCc1ccccc1)C(=O)N1CC(=O)C(SCc2ccccc2)C1. The molecular formula is C25H30N2O4S. The molecule has 1 N–H and O–H groups in total. The number of alkyl carbamates (subject to hydrolysis) is 1. The third-order valence-electron chi connectivity index (χ3n) is 5.21. The van der Waals surface area contributed by atoms with Gasteiger partial charge < -0.3 is 15.0 Å². The van der Waals surface area contributed by atoms with Crippen LogP contribution in [-0.4, -0.2) is 47.1 Å². The second-order valence-corrected chi connectivity index (χ2v) is 9.55. The molecule has 2 amide bonds. The second kappa shape index (κ2) is 11.7. The molecule has 0 aliphatic carbocycles. The number of carbonyl (C=O) groups excluding carboxylic acids is 3. The summed E-state index contributed by atoms with van der Waals surface area (Å²) in [5.74, 6) is 0.736. The van der Waals surface area contributed by atoms with Gasteiger partial charge >= 0.3 is 6.09 Å². The van der Waals surface area contributed by atoms with Crippen molar-refractivity contribution < 1.29 is 19.1 Å². The highest BCUT2D eigenvalue weighted by Crippen LogP contribution is 2.25. The molecule has 0 radical (unpaired) electrons. The van der Waals surface area contributed by atoms with E-state index in [2.05, 4.69) is 5.32 Å². The molecule has 32 heavy (non-hydrogen) atoms. The van der Waals surface area contributed by atoms with Crippen LogP contribution in [0, 0.1) is 5.92 Å². The lowest BCUT2D eigenvalue weighted by atomic mass is 10.0. The molecule has 2 atom stereocenters. The number of benzene rings is 2. The lowest BCUT2D eigenvalue weighted by Crippen LogP contribution is -2.48. The minimum absolute atomic E-state index is 0.0502. The number of hydrogen-bond donors (Lipinski definition) is 1. The van der Waals surface area contributed by atoms with E-state index in [9.17, 15) is 14.4 Å². The zero-order chi connectivity index (χ0) is 22.9. The standard InChI is InChI=1S/C25H30N2O4S/c1-18(2)13-21(26-25(30)31-16-19-9-5-3-6-10-19)24(29)27-14-22(28)23(15-27)32-17-20-11-7-4-8-12-20/h3-12,18,21,23H,13-17H2,1-2H3,(H,26,30). The highest BCUT2D eigenvalue weighted by atomic mass is 32.2. The van der Waals surface area contributed by atoms with Gasteiger partial charge in [-0.1, -0.05) is 74.5 Å². The van der Waals surface area contributed by atoms with E-state index in [-0.39, 0.29) is 36.0 Å². The second-order valence-electron chi connectivity index (χ2n) is 8.36. The Kier molecular flexibility index (Phi) is 8.73. The molecule has 0 bridgehead atoms. The van der Waals surface area contributed by atoms with Crippen LogP contribution in [0.15, 0.2) is 60.7 Å². The predicted octanol–water partition coefficient (Wildman–Crippen LogP) is 4.04. The minimum atomic E-state index is -0.719. The summed E-state index contributed by atoms with van der Waals surface area (Å²) in [7, 11) is 0. The zero-order valence-electron chi connectivity index (χ0n) is 18.5. The fraction of sp³-hybridized carbons (Fsp3) is 0.400.